The summed E-state index contributed by atoms with van der Waals surface area (Å²) in [4.78, 5) is 20.0. The Labute approximate surface area is 105 Å². The Morgan fingerprint density at radius 2 is 2.11 bits per heavy atom. The topological polar surface area (TPSA) is 63.1 Å². The summed E-state index contributed by atoms with van der Waals surface area (Å²) >= 11 is 0. The van der Waals surface area contributed by atoms with Gasteiger partial charge in [0.05, 0.1) is 17.7 Å². The van der Waals surface area contributed by atoms with Gasteiger partial charge < -0.3 is 5.11 Å². The molecule has 0 amide bonds. The average molecular weight is 242 g/mol. The quantitative estimate of drug-likeness (QED) is 0.838. The summed E-state index contributed by atoms with van der Waals surface area (Å²) in [6.07, 6.45) is 3.17. The van der Waals surface area contributed by atoms with Gasteiger partial charge in [0.2, 0.25) is 0 Å². The van der Waals surface area contributed by atoms with Crippen LogP contribution in [0.15, 0.2) is 30.7 Å². The molecule has 0 fully saturated rings. The summed E-state index contributed by atoms with van der Waals surface area (Å²) in [5.41, 5.74) is 2.74. The summed E-state index contributed by atoms with van der Waals surface area (Å²) in [6.45, 7) is 3.70. The molecule has 0 aliphatic rings. The largest absolute Gasteiger partial charge is 0.507 e. The molecule has 0 spiro atoms. The van der Waals surface area contributed by atoms with Gasteiger partial charge in [-0.1, -0.05) is 6.07 Å². The van der Waals surface area contributed by atoms with Gasteiger partial charge in [0.1, 0.15) is 12.1 Å². The summed E-state index contributed by atoms with van der Waals surface area (Å²) in [6, 6.07) is 5.17. The smallest absolute Gasteiger partial charge is 0.172 e. The van der Waals surface area contributed by atoms with E-state index in [0.29, 0.717) is 11.3 Å². The van der Waals surface area contributed by atoms with E-state index in [1.807, 2.05) is 19.9 Å². The Bertz CT molecular complexity index is 557. The van der Waals surface area contributed by atoms with Crippen molar-refractivity contribution in [2.24, 2.45) is 0 Å². The van der Waals surface area contributed by atoms with Crippen LogP contribution in [0.5, 0.6) is 5.75 Å². The first-order valence-corrected chi connectivity index (χ1v) is 5.66. The van der Waals surface area contributed by atoms with Gasteiger partial charge in [-0.25, -0.2) is 9.97 Å². The van der Waals surface area contributed by atoms with E-state index >= 15 is 0 Å². The van der Waals surface area contributed by atoms with Crippen molar-refractivity contribution in [1.82, 2.24) is 9.97 Å². The lowest BCUT2D eigenvalue weighted by Gasteiger charge is -2.08. The lowest BCUT2D eigenvalue weighted by atomic mass is 9.98. The van der Waals surface area contributed by atoms with E-state index in [2.05, 4.69) is 9.97 Å². The fraction of sp³-hybridized carbons (Fsp3) is 0.214. The molecular formula is C14H14N2O2. The van der Waals surface area contributed by atoms with Crippen LogP contribution in [-0.4, -0.2) is 20.9 Å². The van der Waals surface area contributed by atoms with Crippen LogP contribution >= 0.6 is 0 Å². The van der Waals surface area contributed by atoms with E-state index < -0.39 is 0 Å². The number of carbonyl (C=O) groups excluding carboxylic acids is 1. The van der Waals surface area contributed by atoms with Gasteiger partial charge in [0, 0.05) is 6.20 Å². The SMILES string of the molecule is Cc1cc(C)c(C(=O)Cc2ccncn2)c(O)c1. The van der Waals surface area contributed by atoms with Crippen molar-refractivity contribution >= 4 is 5.78 Å². The number of nitrogens with zero attached hydrogens (tertiary/aromatic N) is 2. The Morgan fingerprint density at radius 1 is 1.33 bits per heavy atom. The predicted octanol–water partition coefficient (Wildman–Crippen LogP) is 2.22. The molecule has 0 atom stereocenters. The maximum absolute atomic E-state index is 12.1. The van der Waals surface area contributed by atoms with Gasteiger partial charge in [0.25, 0.3) is 0 Å². The van der Waals surface area contributed by atoms with E-state index in [9.17, 15) is 9.90 Å². The minimum Gasteiger partial charge on any atom is -0.507 e. The number of hydrogen-bond acceptors (Lipinski definition) is 4. The first kappa shape index (κ1) is 12.2. The summed E-state index contributed by atoms with van der Waals surface area (Å²) < 4.78 is 0. The lowest BCUT2D eigenvalue weighted by Crippen LogP contribution is -2.07. The van der Waals surface area contributed by atoms with Gasteiger partial charge in [0.15, 0.2) is 5.78 Å². The number of phenols is 1. The first-order chi connectivity index (χ1) is 8.58. The highest BCUT2D eigenvalue weighted by Gasteiger charge is 2.15. The third kappa shape index (κ3) is 2.53. The molecule has 0 bridgehead atoms. The minimum absolute atomic E-state index is 0.0338. The van der Waals surface area contributed by atoms with Gasteiger partial charge in [-0.05, 0) is 37.1 Å². The molecule has 0 saturated heterocycles. The maximum atomic E-state index is 12.1. The first-order valence-electron chi connectivity index (χ1n) is 5.66. The molecule has 1 aromatic carbocycles. The van der Waals surface area contributed by atoms with E-state index in [1.165, 1.54) is 6.33 Å². The molecule has 4 heteroatoms. The standard InChI is InChI=1S/C14H14N2O2/c1-9-5-10(2)14(12(17)6-9)13(18)7-11-3-4-15-8-16-11/h3-6,8,17H,7H2,1-2H3. The zero-order valence-electron chi connectivity index (χ0n) is 10.3. The van der Waals surface area contributed by atoms with Crippen molar-refractivity contribution in [3.05, 3.63) is 53.1 Å². The number of aromatic hydroxyl groups is 1. The van der Waals surface area contributed by atoms with Crippen molar-refractivity contribution in [2.45, 2.75) is 20.3 Å². The third-order valence-corrected chi connectivity index (χ3v) is 2.72. The molecule has 0 unspecified atom stereocenters. The number of phenolic OH excluding ortho intramolecular Hbond substituents is 1. The van der Waals surface area contributed by atoms with Gasteiger partial charge >= 0.3 is 0 Å². The van der Waals surface area contributed by atoms with Crippen molar-refractivity contribution in [3.63, 3.8) is 0 Å². The summed E-state index contributed by atoms with van der Waals surface area (Å²) in [5, 5.41) is 9.87. The van der Waals surface area contributed by atoms with Gasteiger partial charge in [-0.3, -0.25) is 4.79 Å². The Morgan fingerprint density at radius 3 is 2.72 bits per heavy atom. The van der Waals surface area contributed by atoms with Gasteiger partial charge in [-0.15, -0.1) is 0 Å². The molecule has 18 heavy (non-hydrogen) atoms. The van der Waals surface area contributed by atoms with E-state index in [4.69, 9.17) is 0 Å². The molecule has 0 aliphatic heterocycles. The Hall–Kier alpha value is -2.23. The second kappa shape index (κ2) is 4.96. The van der Waals surface area contributed by atoms with E-state index in [1.54, 1.807) is 18.3 Å². The van der Waals surface area contributed by atoms with E-state index in [0.717, 1.165) is 11.1 Å². The fourth-order valence-corrected chi connectivity index (χ4v) is 1.98. The number of rotatable bonds is 3. The zero-order valence-corrected chi connectivity index (χ0v) is 10.3. The van der Waals surface area contributed by atoms with Crippen molar-refractivity contribution in [2.75, 3.05) is 0 Å². The van der Waals surface area contributed by atoms with Crippen LogP contribution in [0.1, 0.15) is 27.2 Å². The molecule has 1 heterocycles. The second-order valence-corrected chi connectivity index (χ2v) is 4.28. The molecule has 2 aromatic rings. The molecule has 0 radical (unpaired) electrons. The lowest BCUT2D eigenvalue weighted by molar-refractivity contribution is 0.0989. The van der Waals surface area contributed by atoms with Crippen LogP contribution in [0, 0.1) is 13.8 Å². The van der Waals surface area contributed by atoms with Crippen LogP contribution in [0.25, 0.3) is 0 Å². The molecule has 0 aliphatic carbocycles. The molecule has 1 N–H and O–H groups in total. The highest BCUT2D eigenvalue weighted by atomic mass is 16.3. The monoisotopic (exact) mass is 242 g/mol. The number of ketones is 1. The third-order valence-electron chi connectivity index (χ3n) is 2.72. The highest BCUT2D eigenvalue weighted by Crippen LogP contribution is 2.24. The molecule has 1 aromatic heterocycles. The van der Waals surface area contributed by atoms with Crippen molar-refractivity contribution in [3.8, 4) is 5.75 Å². The van der Waals surface area contributed by atoms with Crippen molar-refractivity contribution in [1.29, 1.82) is 0 Å². The second-order valence-electron chi connectivity index (χ2n) is 4.28. The van der Waals surface area contributed by atoms with Crippen LogP contribution < -0.4 is 0 Å². The Kier molecular flexibility index (Phi) is 3.37. The minimum atomic E-state index is -0.135. The molecular weight excluding hydrogens is 228 g/mol. The number of aryl methyl sites for hydroxylation is 2. The predicted molar refractivity (Wildman–Crippen MR) is 67.6 cm³/mol. The van der Waals surface area contributed by atoms with Crippen LogP contribution in [-0.2, 0) is 6.42 Å². The summed E-state index contributed by atoms with van der Waals surface area (Å²) in [7, 11) is 0. The van der Waals surface area contributed by atoms with Crippen LogP contribution in [0.2, 0.25) is 0 Å². The Balaban J connectivity index is 2.30. The molecule has 4 nitrogen and oxygen atoms in total. The number of carbonyl (C=O) groups is 1. The van der Waals surface area contributed by atoms with Gasteiger partial charge in [-0.2, -0.15) is 0 Å². The fourth-order valence-electron chi connectivity index (χ4n) is 1.98. The number of benzene rings is 1. The zero-order chi connectivity index (χ0) is 13.1. The number of aromatic nitrogens is 2. The maximum Gasteiger partial charge on any atom is 0.172 e. The molecule has 2 rings (SSSR count). The summed E-state index contributed by atoms with van der Waals surface area (Å²) in [5.74, 6) is -0.102. The average Bonchev–Trinajstić information content (AvgIpc) is 2.28. The van der Waals surface area contributed by atoms with E-state index in [-0.39, 0.29) is 18.0 Å². The highest BCUT2D eigenvalue weighted by molar-refractivity contribution is 6.01. The molecule has 0 saturated carbocycles. The van der Waals surface area contributed by atoms with Crippen LogP contribution in [0.3, 0.4) is 0 Å². The van der Waals surface area contributed by atoms with Crippen molar-refractivity contribution < 1.29 is 9.90 Å². The van der Waals surface area contributed by atoms with Crippen LogP contribution in [0.4, 0.5) is 0 Å². The number of hydrogen-bond donors (Lipinski definition) is 1. The normalized spacial score (nSPS) is 10.3. The molecule has 92 valence electrons. The number of Topliss-reactive ketones (excluding diaryl/α,β-unsaturated/α-hetero) is 1.